The van der Waals surface area contributed by atoms with Crippen LogP contribution in [0.4, 0.5) is 0 Å². The Morgan fingerprint density at radius 2 is 2.17 bits per heavy atom. The highest BCUT2D eigenvalue weighted by molar-refractivity contribution is 5.92. The molecule has 0 aliphatic rings. The third-order valence-electron chi connectivity index (χ3n) is 2.62. The van der Waals surface area contributed by atoms with Crippen molar-refractivity contribution in [1.82, 2.24) is 5.32 Å². The molecule has 0 radical (unpaired) electrons. The van der Waals surface area contributed by atoms with E-state index in [1.54, 1.807) is 13.1 Å². The van der Waals surface area contributed by atoms with E-state index in [0.29, 0.717) is 12.0 Å². The number of amides is 1. The van der Waals surface area contributed by atoms with Gasteiger partial charge in [0.25, 0.3) is 0 Å². The van der Waals surface area contributed by atoms with Gasteiger partial charge >= 0.3 is 0 Å². The third-order valence-corrected chi connectivity index (χ3v) is 2.62. The molecule has 1 N–H and O–H groups in total. The second-order valence-corrected chi connectivity index (χ2v) is 4.23. The van der Waals surface area contributed by atoms with Gasteiger partial charge in [-0.05, 0) is 31.8 Å². The second kappa shape index (κ2) is 9.40. The van der Waals surface area contributed by atoms with E-state index >= 15 is 0 Å². The Kier molecular flexibility index (Phi) is 8.54. The van der Waals surface area contributed by atoms with Crippen molar-refractivity contribution in [3.05, 3.63) is 36.5 Å². The Balaban J connectivity index is 4.20. The molecule has 0 saturated heterocycles. The molecule has 3 nitrogen and oxygen atoms in total. The summed E-state index contributed by atoms with van der Waals surface area (Å²) >= 11 is 0. The van der Waals surface area contributed by atoms with E-state index in [2.05, 4.69) is 23.5 Å². The van der Waals surface area contributed by atoms with Gasteiger partial charge in [-0.15, -0.1) is 0 Å². The number of nitrogens with zero attached hydrogens (tertiary/aromatic N) is 1. The first-order valence-electron chi connectivity index (χ1n) is 6.27. The maximum atomic E-state index is 11.6. The van der Waals surface area contributed by atoms with Crippen molar-refractivity contribution >= 4 is 12.1 Å². The van der Waals surface area contributed by atoms with Crippen LogP contribution in [0.15, 0.2) is 41.4 Å². The lowest BCUT2D eigenvalue weighted by Gasteiger charge is -2.14. The van der Waals surface area contributed by atoms with E-state index in [4.69, 9.17) is 0 Å². The molecule has 0 aromatic carbocycles. The van der Waals surface area contributed by atoms with Crippen LogP contribution in [0.3, 0.4) is 0 Å². The largest absolute Gasteiger partial charge is 0.350 e. The zero-order chi connectivity index (χ0) is 14.0. The monoisotopic (exact) mass is 248 g/mol. The topological polar surface area (TPSA) is 41.5 Å². The van der Waals surface area contributed by atoms with Crippen LogP contribution in [-0.2, 0) is 4.79 Å². The fourth-order valence-electron chi connectivity index (χ4n) is 1.45. The van der Waals surface area contributed by atoms with Crippen LogP contribution < -0.4 is 5.32 Å². The van der Waals surface area contributed by atoms with Crippen molar-refractivity contribution in [3.63, 3.8) is 0 Å². The molecule has 0 heterocycles. The van der Waals surface area contributed by atoms with Crippen molar-refractivity contribution < 1.29 is 4.79 Å². The first kappa shape index (κ1) is 16.4. The summed E-state index contributed by atoms with van der Waals surface area (Å²) in [4.78, 5) is 15.6. The minimum absolute atomic E-state index is 0.0524. The number of hydrogen-bond donors (Lipinski definition) is 1. The molecule has 0 rings (SSSR count). The summed E-state index contributed by atoms with van der Waals surface area (Å²) in [6, 6.07) is 0.124. The summed E-state index contributed by atoms with van der Waals surface area (Å²) in [5.41, 5.74) is 1.74. The molecular weight excluding hydrogens is 224 g/mol. The van der Waals surface area contributed by atoms with Gasteiger partial charge in [0.05, 0.1) is 0 Å². The molecule has 0 aliphatic carbocycles. The van der Waals surface area contributed by atoms with Gasteiger partial charge in [0.2, 0.25) is 5.91 Å². The Bertz CT molecular complexity index is 354. The standard InChI is InChI=1S/C15H24N2O/c1-6-8-14(11-16-5)10-9-13(4)17-15(18)12(3)7-2/h6,8,11,13H,1,3,7,9-10H2,2,4-5H3,(H,17,18)/b14-8-,16-11?. The number of nitrogens with one attached hydrogen (secondary N) is 1. The van der Waals surface area contributed by atoms with E-state index in [1.807, 2.05) is 26.1 Å². The van der Waals surface area contributed by atoms with Gasteiger partial charge in [-0.25, -0.2) is 0 Å². The minimum atomic E-state index is -0.0524. The van der Waals surface area contributed by atoms with Gasteiger partial charge in [0, 0.05) is 24.9 Å². The Hall–Kier alpha value is -1.64. The van der Waals surface area contributed by atoms with Gasteiger partial charge in [-0.3, -0.25) is 9.79 Å². The van der Waals surface area contributed by atoms with E-state index in [9.17, 15) is 4.79 Å². The molecular formula is C15H24N2O. The maximum Gasteiger partial charge on any atom is 0.246 e. The number of aliphatic imine (C=N–C) groups is 1. The normalized spacial score (nSPS) is 13.4. The lowest BCUT2D eigenvalue weighted by atomic mass is 10.1. The molecule has 0 bridgehead atoms. The summed E-state index contributed by atoms with van der Waals surface area (Å²) in [7, 11) is 1.74. The predicted octanol–water partition coefficient (Wildman–Crippen LogP) is 3.05. The van der Waals surface area contributed by atoms with Crippen LogP contribution in [0.1, 0.15) is 33.1 Å². The fraction of sp³-hybridized carbons (Fsp3) is 0.467. The van der Waals surface area contributed by atoms with Crippen molar-refractivity contribution in [3.8, 4) is 0 Å². The zero-order valence-electron chi connectivity index (χ0n) is 11.7. The third kappa shape index (κ3) is 6.84. The van der Waals surface area contributed by atoms with Crippen molar-refractivity contribution in [1.29, 1.82) is 0 Å². The number of hydrogen-bond acceptors (Lipinski definition) is 2. The van der Waals surface area contributed by atoms with Crippen LogP contribution in [0, 0.1) is 0 Å². The fourth-order valence-corrected chi connectivity index (χ4v) is 1.45. The van der Waals surface area contributed by atoms with Gasteiger partial charge < -0.3 is 5.32 Å². The molecule has 0 aromatic rings. The summed E-state index contributed by atoms with van der Waals surface area (Å²) in [5.74, 6) is -0.0524. The lowest BCUT2D eigenvalue weighted by Crippen LogP contribution is -2.33. The van der Waals surface area contributed by atoms with Crippen LogP contribution in [0.2, 0.25) is 0 Å². The predicted molar refractivity (Wildman–Crippen MR) is 79.0 cm³/mol. The van der Waals surface area contributed by atoms with E-state index in [0.717, 1.165) is 18.4 Å². The zero-order valence-corrected chi connectivity index (χ0v) is 11.7. The van der Waals surface area contributed by atoms with Crippen molar-refractivity contribution in [2.75, 3.05) is 7.05 Å². The number of rotatable bonds is 8. The van der Waals surface area contributed by atoms with Gasteiger partial charge in [-0.1, -0.05) is 32.2 Å². The van der Waals surface area contributed by atoms with Crippen LogP contribution in [0.5, 0.6) is 0 Å². The molecule has 1 unspecified atom stereocenters. The lowest BCUT2D eigenvalue weighted by molar-refractivity contribution is -0.118. The summed E-state index contributed by atoms with van der Waals surface area (Å²) in [6.07, 6.45) is 7.92. The smallest absolute Gasteiger partial charge is 0.246 e. The summed E-state index contributed by atoms with van der Waals surface area (Å²) in [6.45, 7) is 11.3. The second-order valence-electron chi connectivity index (χ2n) is 4.23. The van der Waals surface area contributed by atoms with Crippen LogP contribution in [0.25, 0.3) is 0 Å². The van der Waals surface area contributed by atoms with E-state index in [1.165, 1.54) is 0 Å². The van der Waals surface area contributed by atoms with Gasteiger partial charge in [-0.2, -0.15) is 0 Å². The molecule has 100 valence electrons. The highest BCUT2D eigenvalue weighted by Gasteiger charge is 2.09. The average Bonchev–Trinajstić information content (AvgIpc) is 2.35. The SMILES string of the molecule is C=C/C=C(\C=NC)CCC(C)NC(=O)C(=C)CC. The quantitative estimate of drug-likeness (QED) is 0.400. The highest BCUT2D eigenvalue weighted by Crippen LogP contribution is 2.07. The van der Waals surface area contributed by atoms with Gasteiger partial charge in [0.15, 0.2) is 0 Å². The molecule has 0 saturated carbocycles. The molecule has 1 amide bonds. The Morgan fingerprint density at radius 3 is 2.67 bits per heavy atom. The number of allylic oxidation sites excluding steroid dienone is 3. The number of carbonyl (C=O) groups excluding carboxylic acids is 1. The molecule has 1 atom stereocenters. The average molecular weight is 248 g/mol. The van der Waals surface area contributed by atoms with Crippen molar-refractivity contribution in [2.45, 2.75) is 39.2 Å². The maximum absolute atomic E-state index is 11.6. The van der Waals surface area contributed by atoms with Crippen LogP contribution >= 0.6 is 0 Å². The van der Waals surface area contributed by atoms with Gasteiger partial charge in [0.1, 0.15) is 0 Å². The molecule has 0 aliphatic heterocycles. The molecule has 3 heteroatoms. The van der Waals surface area contributed by atoms with E-state index < -0.39 is 0 Å². The molecule has 0 spiro atoms. The minimum Gasteiger partial charge on any atom is -0.350 e. The van der Waals surface area contributed by atoms with Crippen LogP contribution in [-0.4, -0.2) is 25.2 Å². The first-order valence-corrected chi connectivity index (χ1v) is 6.27. The summed E-state index contributed by atoms with van der Waals surface area (Å²) in [5, 5.41) is 2.93. The van der Waals surface area contributed by atoms with E-state index in [-0.39, 0.29) is 11.9 Å². The molecule has 0 aromatic heterocycles. The Morgan fingerprint density at radius 1 is 1.50 bits per heavy atom. The highest BCUT2D eigenvalue weighted by atomic mass is 16.1. The molecule has 0 fully saturated rings. The molecule has 18 heavy (non-hydrogen) atoms. The van der Waals surface area contributed by atoms with Crippen molar-refractivity contribution in [2.24, 2.45) is 4.99 Å². The summed E-state index contributed by atoms with van der Waals surface area (Å²) < 4.78 is 0. The Labute approximate surface area is 110 Å². The first-order chi connectivity index (χ1) is 8.54. The number of carbonyl (C=O) groups is 1.